The molecule has 0 spiro atoms. The van der Waals surface area contributed by atoms with E-state index in [0.29, 0.717) is 11.5 Å². The van der Waals surface area contributed by atoms with E-state index in [1.165, 1.54) is 11.8 Å². The summed E-state index contributed by atoms with van der Waals surface area (Å²) in [7, 11) is 0. The zero-order valence-corrected chi connectivity index (χ0v) is 17.9. The molecule has 1 fully saturated rings. The molecule has 1 aliphatic carbocycles. The summed E-state index contributed by atoms with van der Waals surface area (Å²) >= 11 is 3.13. The van der Waals surface area contributed by atoms with E-state index in [1.54, 1.807) is 11.3 Å². The van der Waals surface area contributed by atoms with Crippen molar-refractivity contribution in [2.75, 3.05) is 5.75 Å². The monoisotopic (exact) mass is 421 g/mol. The number of carbonyl (C=O) groups is 2. The third kappa shape index (κ3) is 6.10. The van der Waals surface area contributed by atoms with Crippen LogP contribution in [0.4, 0.5) is 0 Å². The summed E-state index contributed by atoms with van der Waals surface area (Å²) in [5.74, 6) is 1.90. The summed E-state index contributed by atoms with van der Waals surface area (Å²) in [6, 6.07) is 6.13. The zero-order valence-electron chi connectivity index (χ0n) is 16.3. The number of amides is 2. The molecule has 0 saturated heterocycles. The molecule has 6 nitrogen and oxygen atoms in total. The van der Waals surface area contributed by atoms with Crippen molar-refractivity contribution in [3.8, 4) is 10.6 Å². The van der Waals surface area contributed by atoms with E-state index in [2.05, 4.69) is 15.8 Å². The number of thioether (sulfide) groups is 1. The third-order valence-electron chi connectivity index (χ3n) is 4.65. The van der Waals surface area contributed by atoms with Gasteiger partial charge in [0, 0.05) is 29.8 Å². The molecule has 2 unspecified atom stereocenters. The Labute approximate surface area is 173 Å². The van der Waals surface area contributed by atoms with Crippen LogP contribution in [0.2, 0.25) is 0 Å². The first-order valence-electron chi connectivity index (χ1n) is 9.68. The van der Waals surface area contributed by atoms with Gasteiger partial charge in [-0.25, -0.2) is 0 Å². The minimum Gasteiger partial charge on any atom is -0.355 e. The van der Waals surface area contributed by atoms with E-state index < -0.39 is 0 Å². The molecule has 1 aliphatic rings. The van der Waals surface area contributed by atoms with Crippen molar-refractivity contribution in [1.82, 2.24) is 15.8 Å². The highest BCUT2D eigenvalue weighted by Gasteiger charge is 2.28. The Kier molecular flexibility index (Phi) is 7.56. The fourth-order valence-electron chi connectivity index (χ4n) is 3.39. The number of hydrogen-bond acceptors (Lipinski definition) is 6. The van der Waals surface area contributed by atoms with Gasteiger partial charge in [0.05, 0.1) is 16.3 Å². The van der Waals surface area contributed by atoms with Gasteiger partial charge in [-0.15, -0.1) is 23.1 Å². The Hall–Kier alpha value is -1.80. The van der Waals surface area contributed by atoms with Crippen LogP contribution in [0.3, 0.4) is 0 Å². The molecule has 1 saturated carbocycles. The highest BCUT2D eigenvalue weighted by molar-refractivity contribution is 7.99. The Morgan fingerprint density at radius 3 is 3.00 bits per heavy atom. The van der Waals surface area contributed by atoms with Crippen molar-refractivity contribution in [1.29, 1.82) is 0 Å². The second-order valence-corrected chi connectivity index (χ2v) is 9.38. The maximum Gasteiger partial charge on any atom is 0.230 e. The lowest BCUT2D eigenvalue weighted by Crippen LogP contribution is -2.44. The highest BCUT2D eigenvalue weighted by atomic mass is 32.2. The van der Waals surface area contributed by atoms with Crippen LogP contribution >= 0.6 is 23.1 Å². The van der Waals surface area contributed by atoms with Crippen LogP contribution in [0.5, 0.6) is 0 Å². The summed E-state index contributed by atoms with van der Waals surface area (Å²) in [5.41, 5.74) is 0.837. The number of thiophene rings is 1. The smallest absolute Gasteiger partial charge is 0.230 e. The first-order valence-corrected chi connectivity index (χ1v) is 11.7. The van der Waals surface area contributed by atoms with Gasteiger partial charge in [0.1, 0.15) is 0 Å². The molecule has 0 bridgehead atoms. The van der Waals surface area contributed by atoms with Crippen LogP contribution in [-0.4, -0.2) is 34.8 Å². The molecule has 2 N–H and O–H groups in total. The average Bonchev–Trinajstić information content (AvgIpc) is 3.33. The minimum absolute atomic E-state index is 0.0000870. The molecule has 152 valence electrons. The van der Waals surface area contributed by atoms with Crippen LogP contribution in [0.25, 0.3) is 10.6 Å². The predicted molar refractivity (Wildman–Crippen MR) is 113 cm³/mol. The quantitative estimate of drug-likeness (QED) is 0.677. The van der Waals surface area contributed by atoms with Gasteiger partial charge < -0.3 is 15.2 Å². The summed E-state index contributed by atoms with van der Waals surface area (Å²) in [4.78, 5) is 25.5. The van der Waals surface area contributed by atoms with Gasteiger partial charge in [-0.3, -0.25) is 9.59 Å². The van der Waals surface area contributed by atoms with Gasteiger partial charge in [0.25, 0.3) is 0 Å². The summed E-state index contributed by atoms with van der Waals surface area (Å²) in [5, 5.41) is 12.1. The SMILES string of the molecule is CC(C)NC(=O)C1CCCC(NC(=O)CSCc2cc(-c3cccs3)on2)C1. The fourth-order valence-corrected chi connectivity index (χ4v) is 4.78. The van der Waals surface area contributed by atoms with Gasteiger partial charge in [0.2, 0.25) is 11.8 Å². The lowest BCUT2D eigenvalue weighted by atomic mass is 9.85. The molecule has 3 rings (SSSR count). The van der Waals surface area contributed by atoms with E-state index in [1.807, 2.05) is 37.4 Å². The van der Waals surface area contributed by atoms with E-state index in [0.717, 1.165) is 42.0 Å². The minimum atomic E-state index is -0.0000870. The molecule has 2 atom stereocenters. The third-order valence-corrected chi connectivity index (χ3v) is 6.50. The Morgan fingerprint density at radius 1 is 1.39 bits per heavy atom. The molecule has 2 aromatic rings. The molecule has 0 radical (unpaired) electrons. The number of rotatable bonds is 8. The summed E-state index contributed by atoms with van der Waals surface area (Å²) in [6.45, 7) is 3.94. The van der Waals surface area contributed by atoms with Crippen molar-refractivity contribution in [2.45, 2.75) is 57.4 Å². The number of nitrogens with one attached hydrogen (secondary N) is 2. The Morgan fingerprint density at radius 2 is 2.25 bits per heavy atom. The van der Waals surface area contributed by atoms with Gasteiger partial charge in [-0.1, -0.05) is 17.6 Å². The molecule has 2 amide bonds. The molecule has 28 heavy (non-hydrogen) atoms. The maximum atomic E-state index is 12.3. The van der Waals surface area contributed by atoms with Crippen molar-refractivity contribution >= 4 is 34.9 Å². The van der Waals surface area contributed by atoms with Gasteiger partial charge in [-0.2, -0.15) is 0 Å². The average molecular weight is 422 g/mol. The van der Waals surface area contributed by atoms with Crippen molar-refractivity contribution in [2.24, 2.45) is 5.92 Å². The van der Waals surface area contributed by atoms with E-state index in [9.17, 15) is 9.59 Å². The number of aromatic nitrogens is 1. The first-order chi connectivity index (χ1) is 13.5. The normalized spacial score (nSPS) is 19.5. The van der Waals surface area contributed by atoms with E-state index in [-0.39, 0.29) is 29.8 Å². The standard InChI is InChI=1S/C20H27N3O3S2/c1-13(2)21-20(25)14-5-3-6-15(9-14)22-19(24)12-27-11-16-10-17(26-23-16)18-7-4-8-28-18/h4,7-8,10,13-15H,3,5-6,9,11-12H2,1-2H3,(H,21,25)(H,22,24). The topological polar surface area (TPSA) is 84.2 Å². The van der Waals surface area contributed by atoms with Crippen LogP contribution < -0.4 is 10.6 Å². The van der Waals surface area contributed by atoms with Crippen LogP contribution in [0.15, 0.2) is 28.1 Å². The van der Waals surface area contributed by atoms with Crippen LogP contribution in [-0.2, 0) is 15.3 Å². The van der Waals surface area contributed by atoms with Crippen molar-refractivity contribution in [3.63, 3.8) is 0 Å². The van der Waals surface area contributed by atoms with Gasteiger partial charge in [-0.05, 0) is 44.6 Å². The first kappa shape index (κ1) is 20.9. The number of hydrogen-bond donors (Lipinski definition) is 2. The van der Waals surface area contributed by atoms with Crippen molar-refractivity contribution in [3.05, 3.63) is 29.3 Å². The molecule has 2 aromatic heterocycles. The molecule has 0 aliphatic heterocycles. The Bertz CT molecular complexity index is 774. The Balaban J connectivity index is 1.39. The maximum absolute atomic E-state index is 12.3. The molecule has 8 heteroatoms. The second kappa shape index (κ2) is 10.1. The van der Waals surface area contributed by atoms with Crippen LogP contribution in [0, 0.1) is 5.92 Å². The fraction of sp³-hybridized carbons (Fsp3) is 0.550. The van der Waals surface area contributed by atoms with Gasteiger partial charge in [0.15, 0.2) is 5.76 Å². The second-order valence-electron chi connectivity index (χ2n) is 7.44. The van der Waals surface area contributed by atoms with E-state index >= 15 is 0 Å². The van der Waals surface area contributed by atoms with Crippen LogP contribution in [0.1, 0.15) is 45.2 Å². The number of nitrogens with zero attached hydrogens (tertiary/aromatic N) is 1. The van der Waals surface area contributed by atoms with E-state index in [4.69, 9.17) is 4.52 Å². The summed E-state index contributed by atoms with van der Waals surface area (Å²) in [6.07, 6.45) is 3.54. The predicted octanol–water partition coefficient (Wildman–Crippen LogP) is 3.84. The lowest BCUT2D eigenvalue weighted by molar-refractivity contribution is -0.127. The zero-order chi connectivity index (χ0) is 19.9. The molecule has 2 heterocycles. The summed E-state index contributed by atoms with van der Waals surface area (Å²) < 4.78 is 5.36. The molecular weight excluding hydrogens is 394 g/mol. The van der Waals surface area contributed by atoms with Gasteiger partial charge >= 0.3 is 0 Å². The highest BCUT2D eigenvalue weighted by Crippen LogP contribution is 2.27. The number of carbonyl (C=O) groups excluding carboxylic acids is 2. The lowest BCUT2D eigenvalue weighted by Gasteiger charge is -2.29. The largest absolute Gasteiger partial charge is 0.355 e. The van der Waals surface area contributed by atoms with Crippen molar-refractivity contribution < 1.29 is 14.1 Å². The molecular formula is C20H27N3O3S2. The molecule has 0 aromatic carbocycles.